The van der Waals surface area contributed by atoms with Gasteiger partial charge in [0.15, 0.2) is 0 Å². The second kappa shape index (κ2) is 3.59. The minimum Gasteiger partial charge on any atom is -0.326 e. The number of benzene rings is 1. The molecule has 2 atom stereocenters. The highest BCUT2D eigenvalue weighted by Gasteiger charge is 2.35. The Kier molecular flexibility index (Phi) is 2.21. The maximum absolute atomic E-state index is 12.0. The van der Waals surface area contributed by atoms with Crippen LogP contribution in [-0.4, -0.2) is 19.0 Å². The van der Waals surface area contributed by atoms with Crippen LogP contribution in [0.15, 0.2) is 18.2 Å². The predicted molar refractivity (Wildman–Crippen MR) is 63.4 cm³/mol. The van der Waals surface area contributed by atoms with Crippen molar-refractivity contribution in [3.63, 3.8) is 0 Å². The first kappa shape index (κ1) is 9.85. The first-order chi connectivity index (χ1) is 7.74. The van der Waals surface area contributed by atoms with E-state index in [1.165, 1.54) is 11.1 Å². The summed E-state index contributed by atoms with van der Waals surface area (Å²) in [5.74, 6) is 0.786. The van der Waals surface area contributed by atoms with E-state index in [4.69, 9.17) is 0 Å². The number of carbonyl (C=O) groups is 1. The number of aryl methyl sites for hydroxylation is 1. The lowest BCUT2D eigenvalue weighted by atomic mass is 9.90. The van der Waals surface area contributed by atoms with Crippen LogP contribution in [-0.2, 0) is 11.2 Å². The third kappa shape index (κ3) is 1.52. The van der Waals surface area contributed by atoms with Crippen molar-refractivity contribution in [2.75, 3.05) is 18.4 Å². The average molecular weight is 216 g/mol. The quantitative estimate of drug-likeness (QED) is 0.687. The Balaban J connectivity index is 2.01. The van der Waals surface area contributed by atoms with E-state index < -0.39 is 0 Å². The Labute approximate surface area is 95.2 Å². The van der Waals surface area contributed by atoms with Gasteiger partial charge in [-0.05, 0) is 37.4 Å². The van der Waals surface area contributed by atoms with Gasteiger partial charge in [0.1, 0.15) is 0 Å². The number of amides is 1. The summed E-state index contributed by atoms with van der Waals surface area (Å²) in [5, 5.41) is 6.35. The zero-order valence-electron chi connectivity index (χ0n) is 9.42. The number of hydrogen-bond donors (Lipinski definition) is 2. The van der Waals surface area contributed by atoms with E-state index in [9.17, 15) is 4.79 Å². The van der Waals surface area contributed by atoms with Crippen molar-refractivity contribution in [1.29, 1.82) is 0 Å². The first-order valence-corrected chi connectivity index (χ1v) is 5.85. The van der Waals surface area contributed by atoms with Crippen LogP contribution >= 0.6 is 0 Å². The molecule has 16 heavy (non-hydrogen) atoms. The zero-order valence-corrected chi connectivity index (χ0v) is 9.42. The lowest BCUT2D eigenvalue weighted by Gasteiger charge is -2.12. The summed E-state index contributed by atoms with van der Waals surface area (Å²) in [5.41, 5.74) is 3.55. The van der Waals surface area contributed by atoms with Gasteiger partial charge in [-0.3, -0.25) is 4.79 Å². The van der Waals surface area contributed by atoms with Gasteiger partial charge in [0.25, 0.3) is 0 Å². The van der Waals surface area contributed by atoms with Crippen LogP contribution in [0.3, 0.4) is 0 Å². The molecule has 2 N–H and O–H groups in total. The molecule has 0 saturated carbocycles. The molecule has 0 aliphatic carbocycles. The molecule has 2 unspecified atom stereocenters. The van der Waals surface area contributed by atoms with Gasteiger partial charge in [0.05, 0.1) is 5.92 Å². The lowest BCUT2D eigenvalue weighted by Crippen LogP contribution is -2.27. The largest absolute Gasteiger partial charge is 0.326 e. The summed E-state index contributed by atoms with van der Waals surface area (Å²) in [4.78, 5) is 12.0. The molecule has 0 spiro atoms. The fourth-order valence-electron chi connectivity index (χ4n) is 2.78. The maximum Gasteiger partial charge on any atom is 0.229 e. The van der Waals surface area contributed by atoms with E-state index in [-0.39, 0.29) is 11.8 Å². The monoisotopic (exact) mass is 216 g/mol. The van der Waals surface area contributed by atoms with Gasteiger partial charge in [0.2, 0.25) is 5.91 Å². The van der Waals surface area contributed by atoms with Crippen LogP contribution in [0.25, 0.3) is 0 Å². The fraction of sp³-hybridized carbons (Fsp3) is 0.462. The van der Waals surface area contributed by atoms with Crippen LogP contribution in [0.1, 0.15) is 11.1 Å². The molecule has 1 aromatic rings. The topological polar surface area (TPSA) is 41.1 Å². The minimum atomic E-state index is 0.146. The number of hydrogen-bond acceptors (Lipinski definition) is 2. The van der Waals surface area contributed by atoms with E-state index in [0.717, 1.165) is 25.2 Å². The Bertz CT molecular complexity index is 442. The molecule has 3 nitrogen and oxygen atoms in total. The summed E-state index contributed by atoms with van der Waals surface area (Å²) in [6.45, 7) is 3.88. The molecule has 1 fully saturated rings. The van der Waals surface area contributed by atoms with Crippen molar-refractivity contribution in [2.24, 2.45) is 11.8 Å². The molecule has 2 aliphatic rings. The van der Waals surface area contributed by atoms with Crippen LogP contribution in [0.5, 0.6) is 0 Å². The van der Waals surface area contributed by atoms with E-state index in [1.807, 2.05) is 6.07 Å². The van der Waals surface area contributed by atoms with Gasteiger partial charge in [-0.25, -0.2) is 0 Å². The molecule has 84 valence electrons. The van der Waals surface area contributed by atoms with Crippen LogP contribution < -0.4 is 10.6 Å². The molecule has 3 heteroatoms. The second-order valence-corrected chi connectivity index (χ2v) is 4.88. The molecule has 1 amide bonds. The van der Waals surface area contributed by atoms with Gasteiger partial charge >= 0.3 is 0 Å². The molecule has 2 aliphatic heterocycles. The summed E-state index contributed by atoms with van der Waals surface area (Å²) in [6, 6.07) is 6.27. The molecule has 2 heterocycles. The first-order valence-electron chi connectivity index (χ1n) is 5.85. The molecule has 0 bridgehead atoms. The number of rotatable bonds is 0. The molecule has 1 aromatic carbocycles. The van der Waals surface area contributed by atoms with E-state index in [0.29, 0.717) is 5.92 Å². The van der Waals surface area contributed by atoms with Crippen LogP contribution in [0, 0.1) is 18.8 Å². The van der Waals surface area contributed by atoms with Crippen molar-refractivity contribution in [2.45, 2.75) is 13.3 Å². The summed E-state index contributed by atoms with van der Waals surface area (Å²) in [6.07, 6.45) is 1.01. The Hall–Kier alpha value is -1.35. The predicted octanol–water partition coefficient (Wildman–Crippen LogP) is 1.33. The van der Waals surface area contributed by atoms with Gasteiger partial charge < -0.3 is 10.6 Å². The maximum atomic E-state index is 12.0. The Morgan fingerprint density at radius 1 is 1.31 bits per heavy atom. The lowest BCUT2D eigenvalue weighted by molar-refractivity contribution is -0.120. The van der Waals surface area contributed by atoms with Crippen molar-refractivity contribution in [3.8, 4) is 0 Å². The smallest absolute Gasteiger partial charge is 0.229 e. The van der Waals surface area contributed by atoms with Crippen molar-refractivity contribution < 1.29 is 4.79 Å². The SMILES string of the molecule is Cc1ccc2c(c1)CC1CNCC1C(=O)N2. The summed E-state index contributed by atoms with van der Waals surface area (Å²) in [7, 11) is 0. The fourth-order valence-corrected chi connectivity index (χ4v) is 2.78. The molecule has 3 rings (SSSR count). The average Bonchev–Trinajstić information content (AvgIpc) is 2.65. The normalized spacial score (nSPS) is 27.9. The van der Waals surface area contributed by atoms with Gasteiger partial charge in [-0.1, -0.05) is 17.7 Å². The third-order valence-corrected chi connectivity index (χ3v) is 3.68. The summed E-state index contributed by atoms with van der Waals surface area (Å²) < 4.78 is 0. The molecular formula is C13H16N2O. The molecule has 0 radical (unpaired) electrons. The Morgan fingerprint density at radius 2 is 2.19 bits per heavy atom. The van der Waals surface area contributed by atoms with Crippen molar-refractivity contribution in [3.05, 3.63) is 29.3 Å². The van der Waals surface area contributed by atoms with Gasteiger partial charge in [-0.2, -0.15) is 0 Å². The highest BCUT2D eigenvalue weighted by molar-refractivity contribution is 5.94. The van der Waals surface area contributed by atoms with E-state index in [1.54, 1.807) is 0 Å². The van der Waals surface area contributed by atoms with Gasteiger partial charge in [0, 0.05) is 12.2 Å². The van der Waals surface area contributed by atoms with Crippen LogP contribution in [0.4, 0.5) is 5.69 Å². The van der Waals surface area contributed by atoms with Crippen molar-refractivity contribution >= 4 is 11.6 Å². The van der Waals surface area contributed by atoms with Gasteiger partial charge in [-0.15, -0.1) is 0 Å². The number of carbonyl (C=O) groups excluding carboxylic acids is 1. The third-order valence-electron chi connectivity index (χ3n) is 3.68. The Morgan fingerprint density at radius 3 is 3.06 bits per heavy atom. The zero-order chi connectivity index (χ0) is 11.1. The highest BCUT2D eigenvalue weighted by Crippen LogP contribution is 2.30. The van der Waals surface area contributed by atoms with E-state index >= 15 is 0 Å². The standard InChI is InChI=1S/C13H16N2O/c1-8-2-3-12-9(4-8)5-10-6-14-7-11(10)13(16)15-12/h2-4,10-11,14H,5-7H2,1H3,(H,15,16). The number of nitrogens with one attached hydrogen (secondary N) is 2. The van der Waals surface area contributed by atoms with E-state index in [2.05, 4.69) is 29.7 Å². The number of anilines is 1. The highest BCUT2D eigenvalue weighted by atomic mass is 16.2. The molecule has 0 aromatic heterocycles. The molecule has 1 saturated heterocycles. The molecular weight excluding hydrogens is 200 g/mol. The van der Waals surface area contributed by atoms with Crippen LogP contribution in [0.2, 0.25) is 0 Å². The number of fused-ring (bicyclic) bond motifs is 2. The minimum absolute atomic E-state index is 0.146. The summed E-state index contributed by atoms with van der Waals surface area (Å²) >= 11 is 0. The van der Waals surface area contributed by atoms with Crippen molar-refractivity contribution in [1.82, 2.24) is 5.32 Å². The second-order valence-electron chi connectivity index (χ2n) is 4.88.